The molecule has 0 saturated carbocycles. The van der Waals surface area contributed by atoms with Crippen molar-refractivity contribution >= 4 is 27.5 Å². The molecule has 1 aromatic carbocycles. The summed E-state index contributed by atoms with van der Waals surface area (Å²) < 4.78 is 14.3. The van der Waals surface area contributed by atoms with Gasteiger partial charge in [-0.25, -0.2) is 4.39 Å². The molecule has 21 heavy (non-hydrogen) atoms. The van der Waals surface area contributed by atoms with E-state index in [2.05, 4.69) is 26.1 Å². The molecule has 1 amide bonds. The molecular formula is C14H20BrFN4O. The Balaban J connectivity index is 1.94. The van der Waals surface area contributed by atoms with Crippen molar-refractivity contribution in [2.24, 2.45) is 5.73 Å². The van der Waals surface area contributed by atoms with Gasteiger partial charge in [-0.15, -0.1) is 0 Å². The van der Waals surface area contributed by atoms with Gasteiger partial charge in [0.25, 0.3) is 0 Å². The standard InChI is InChI=1S/C14H20BrFN4O/c1-19-4-5-20(11(7-17)8-19)9-14(21)18-13-3-2-10(15)6-12(13)16/h2-3,6,11H,4-5,7-9,17H2,1H3,(H,18,21). The lowest BCUT2D eigenvalue weighted by atomic mass is 10.1. The Labute approximate surface area is 132 Å². The van der Waals surface area contributed by atoms with Crippen molar-refractivity contribution in [3.05, 3.63) is 28.5 Å². The molecule has 1 unspecified atom stereocenters. The fourth-order valence-corrected chi connectivity index (χ4v) is 2.78. The molecular weight excluding hydrogens is 339 g/mol. The minimum Gasteiger partial charge on any atom is -0.329 e. The van der Waals surface area contributed by atoms with Gasteiger partial charge in [0, 0.05) is 36.7 Å². The zero-order valence-corrected chi connectivity index (χ0v) is 13.6. The van der Waals surface area contributed by atoms with Crippen molar-refractivity contribution in [2.45, 2.75) is 6.04 Å². The van der Waals surface area contributed by atoms with Crippen LogP contribution >= 0.6 is 15.9 Å². The molecule has 0 radical (unpaired) electrons. The van der Waals surface area contributed by atoms with Crippen molar-refractivity contribution in [3.63, 3.8) is 0 Å². The number of nitrogens with zero attached hydrogens (tertiary/aromatic N) is 2. The Morgan fingerprint density at radius 1 is 1.52 bits per heavy atom. The number of nitrogens with one attached hydrogen (secondary N) is 1. The molecule has 5 nitrogen and oxygen atoms in total. The Hall–Kier alpha value is -1.02. The molecule has 1 saturated heterocycles. The first-order chi connectivity index (χ1) is 9.99. The molecule has 2 rings (SSSR count). The number of carbonyl (C=O) groups excluding carboxylic acids is 1. The summed E-state index contributed by atoms with van der Waals surface area (Å²) in [6.07, 6.45) is 0. The van der Waals surface area contributed by atoms with Crippen LogP contribution < -0.4 is 11.1 Å². The van der Waals surface area contributed by atoms with Gasteiger partial charge in [-0.2, -0.15) is 0 Å². The summed E-state index contributed by atoms with van der Waals surface area (Å²) in [5.74, 6) is -0.675. The fraction of sp³-hybridized carbons (Fsp3) is 0.500. The van der Waals surface area contributed by atoms with Crippen molar-refractivity contribution in [3.8, 4) is 0 Å². The van der Waals surface area contributed by atoms with Crippen molar-refractivity contribution in [2.75, 3.05) is 45.1 Å². The number of hydrogen-bond donors (Lipinski definition) is 2. The molecule has 116 valence electrons. The number of carbonyl (C=O) groups is 1. The first-order valence-electron chi connectivity index (χ1n) is 6.87. The lowest BCUT2D eigenvalue weighted by Gasteiger charge is -2.39. The van der Waals surface area contributed by atoms with E-state index in [9.17, 15) is 9.18 Å². The summed E-state index contributed by atoms with van der Waals surface area (Å²) in [6.45, 7) is 3.26. The summed E-state index contributed by atoms with van der Waals surface area (Å²) in [5, 5.41) is 2.61. The third kappa shape index (κ3) is 4.47. The topological polar surface area (TPSA) is 61.6 Å². The van der Waals surface area contributed by atoms with Gasteiger partial charge in [-0.1, -0.05) is 15.9 Å². The van der Waals surface area contributed by atoms with Crippen LogP contribution in [0, 0.1) is 5.82 Å². The molecule has 0 aromatic heterocycles. The quantitative estimate of drug-likeness (QED) is 0.845. The van der Waals surface area contributed by atoms with Crippen molar-refractivity contribution in [1.82, 2.24) is 9.80 Å². The first-order valence-corrected chi connectivity index (χ1v) is 7.66. The Morgan fingerprint density at radius 2 is 2.29 bits per heavy atom. The summed E-state index contributed by atoms with van der Waals surface area (Å²) in [5.41, 5.74) is 5.96. The summed E-state index contributed by atoms with van der Waals surface area (Å²) in [7, 11) is 2.04. The third-order valence-electron chi connectivity index (χ3n) is 3.63. The van der Waals surface area contributed by atoms with Crippen molar-refractivity contribution < 1.29 is 9.18 Å². The highest BCUT2D eigenvalue weighted by Gasteiger charge is 2.25. The zero-order valence-electron chi connectivity index (χ0n) is 12.0. The number of rotatable bonds is 4. The summed E-state index contributed by atoms with van der Waals surface area (Å²) >= 11 is 3.19. The van der Waals surface area contributed by atoms with Gasteiger partial charge in [0.15, 0.2) is 0 Å². The van der Waals surface area contributed by atoms with E-state index in [4.69, 9.17) is 5.73 Å². The SMILES string of the molecule is CN1CCN(CC(=O)Nc2ccc(Br)cc2F)C(CN)C1. The molecule has 1 atom stereocenters. The van der Waals surface area contributed by atoms with Crippen molar-refractivity contribution in [1.29, 1.82) is 0 Å². The molecule has 3 N–H and O–H groups in total. The average Bonchev–Trinajstić information content (AvgIpc) is 2.44. The number of anilines is 1. The van der Waals surface area contributed by atoms with Crippen LogP contribution in [-0.4, -0.2) is 61.5 Å². The number of likely N-dealkylation sites (N-methyl/N-ethyl adjacent to an activating group) is 1. The van der Waals surface area contributed by atoms with E-state index < -0.39 is 5.82 Å². The fourth-order valence-electron chi connectivity index (χ4n) is 2.45. The minimum absolute atomic E-state index is 0.157. The van der Waals surface area contributed by atoms with Gasteiger partial charge in [-0.3, -0.25) is 9.69 Å². The van der Waals surface area contributed by atoms with Crippen LogP contribution in [0.2, 0.25) is 0 Å². The van der Waals surface area contributed by atoms with Gasteiger partial charge in [0.05, 0.1) is 12.2 Å². The van der Waals surface area contributed by atoms with E-state index in [0.717, 1.165) is 19.6 Å². The summed E-state index contributed by atoms with van der Waals surface area (Å²) in [4.78, 5) is 16.3. The molecule has 1 aromatic rings. The number of benzene rings is 1. The number of amides is 1. The number of nitrogens with two attached hydrogens (primary N) is 1. The molecule has 1 fully saturated rings. The second-order valence-electron chi connectivity index (χ2n) is 5.29. The van der Waals surface area contributed by atoms with Crippen LogP contribution in [-0.2, 0) is 4.79 Å². The predicted molar refractivity (Wildman–Crippen MR) is 84.6 cm³/mol. The molecule has 1 aliphatic rings. The molecule has 0 aliphatic carbocycles. The molecule has 7 heteroatoms. The van der Waals surface area contributed by atoms with Crippen LogP contribution in [0.5, 0.6) is 0 Å². The average molecular weight is 359 g/mol. The molecule has 0 spiro atoms. The van der Waals surface area contributed by atoms with E-state index in [-0.39, 0.29) is 24.2 Å². The van der Waals surface area contributed by atoms with E-state index in [1.54, 1.807) is 12.1 Å². The molecule has 1 aliphatic heterocycles. The van der Waals surface area contributed by atoms with Gasteiger partial charge < -0.3 is 16.0 Å². The van der Waals surface area contributed by atoms with Gasteiger partial charge >= 0.3 is 0 Å². The largest absolute Gasteiger partial charge is 0.329 e. The van der Waals surface area contributed by atoms with Crippen LogP contribution in [0.15, 0.2) is 22.7 Å². The lowest BCUT2D eigenvalue weighted by Crippen LogP contribution is -2.56. The Morgan fingerprint density at radius 3 is 2.95 bits per heavy atom. The Bertz CT molecular complexity index is 514. The first kappa shape index (κ1) is 16.4. The van der Waals surface area contributed by atoms with E-state index in [1.807, 2.05) is 11.9 Å². The predicted octanol–water partition coefficient (Wildman–Crippen LogP) is 1.10. The second kappa shape index (κ2) is 7.31. The third-order valence-corrected chi connectivity index (χ3v) is 4.12. The van der Waals surface area contributed by atoms with E-state index in [0.29, 0.717) is 11.0 Å². The molecule has 0 bridgehead atoms. The van der Waals surface area contributed by atoms with Crippen LogP contribution in [0.1, 0.15) is 0 Å². The maximum atomic E-state index is 13.7. The van der Waals surface area contributed by atoms with E-state index >= 15 is 0 Å². The number of piperazine rings is 1. The van der Waals surface area contributed by atoms with Gasteiger partial charge in [0.1, 0.15) is 5.82 Å². The van der Waals surface area contributed by atoms with Crippen LogP contribution in [0.25, 0.3) is 0 Å². The minimum atomic E-state index is -0.452. The number of halogens is 2. The van der Waals surface area contributed by atoms with Gasteiger partial charge in [-0.05, 0) is 25.2 Å². The van der Waals surface area contributed by atoms with Crippen LogP contribution in [0.4, 0.5) is 10.1 Å². The Kier molecular flexibility index (Phi) is 5.69. The zero-order chi connectivity index (χ0) is 15.4. The van der Waals surface area contributed by atoms with E-state index in [1.165, 1.54) is 6.07 Å². The monoisotopic (exact) mass is 358 g/mol. The summed E-state index contributed by atoms with van der Waals surface area (Å²) in [6, 6.07) is 4.72. The maximum Gasteiger partial charge on any atom is 0.238 e. The highest BCUT2D eigenvalue weighted by atomic mass is 79.9. The normalized spacial score (nSPS) is 20.5. The lowest BCUT2D eigenvalue weighted by molar-refractivity contribution is -0.118. The van der Waals surface area contributed by atoms with Crippen LogP contribution in [0.3, 0.4) is 0 Å². The highest BCUT2D eigenvalue weighted by molar-refractivity contribution is 9.10. The highest BCUT2D eigenvalue weighted by Crippen LogP contribution is 2.19. The maximum absolute atomic E-state index is 13.7. The number of hydrogen-bond acceptors (Lipinski definition) is 4. The molecule has 1 heterocycles. The van der Waals surface area contributed by atoms with Gasteiger partial charge in [0.2, 0.25) is 5.91 Å². The smallest absolute Gasteiger partial charge is 0.238 e. The second-order valence-corrected chi connectivity index (χ2v) is 6.21.